The molecular weight excluding hydrogens is 272 g/mol. The lowest BCUT2D eigenvalue weighted by Gasteiger charge is -2.63. The minimum absolute atomic E-state index is 0.232. The first kappa shape index (κ1) is 14.6. The van der Waals surface area contributed by atoms with Gasteiger partial charge in [0, 0.05) is 11.5 Å². The maximum atomic E-state index is 12.3. The molecule has 5 heteroatoms. The Morgan fingerprint density at radius 2 is 2.05 bits per heavy atom. The van der Waals surface area contributed by atoms with Crippen LogP contribution in [0, 0.1) is 16.7 Å². The van der Waals surface area contributed by atoms with E-state index in [1.165, 1.54) is 7.11 Å². The fourth-order valence-corrected chi connectivity index (χ4v) is 5.47. The van der Waals surface area contributed by atoms with Gasteiger partial charge in [-0.25, -0.2) is 4.79 Å². The topological polar surface area (TPSA) is 72.8 Å². The third-order valence-electron chi connectivity index (χ3n) is 5.46. The van der Waals surface area contributed by atoms with Gasteiger partial charge in [0.2, 0.25) is 0 Å². The molecule has 21 heavy (non-hydrogen) atoms. The number of hydrogen-bond acceptors (Lipinski definition) is 5. The van der Waals surface area contributed by atoms with Crippen LogP contribution < -0.4 is 0 Å². The molecule has 4 bridgehead atoms. The van der Waals surface area contributed by atoms with E-state index in [0.29, 0.717) is 25.2 Å². The van der Waals surface area contributed by atoms with Gasteiger partial charge in [-0.1, -0.05) is 6.58 Å². The Morgan fingerprint density at radius 1 is 1.29 bits per heavy atom. The summed E-state index contributed by atoms with van der Waals surface area (Å²) < 4.78 is 10.3. The summed E-state index contributed by atoms with van der Waals surface area (Å²) in [7, 11) is 1.40. The Balaban J connectivity index is 1.88. The smallest absolute Gasteiger partial charge is 0.330 e. The minimum atomic E-state index is -0.825. The van der Waals surface area contributed by atoms with Crippen molar-refractivity contribution >= 4 is 11.9 Å². The van der Waals surface area contributed by atoms with Crippen molar-refractivity contribution in [3.8, 4) is 0 Å². The Hall–Kier alpha value is -1.36. The van der Waals surface area contributed by atoms with E-state index in [-0.39, 0.29) is 18.0 Å². The maximum absolute atomic E-state index is 12.3. The third kappa shape index (κ3) is 2.27. The Bertz CT molecular complexity index is 501. The van der Waals surface area contributed by atoms with E-state index in [1.54, 1.807) is 0 Å². The number of carbonyl (C=O) groups is 2. The van der Waals surface area contributed by atoms with E-state index in [0.717, 1.165) is 25.3 Å². The first-order valence-corrected chi connectivity index (χ1v) is 7.44. The number of carbonyl (C=O) groups excluding carboxylic acids is 2. The van der Waals surface area contributed by atoms with Gasteiger partial charge < -0.3 is 14.6 Å². The van der Waals surface area contributed by atoms with Crippen molar-refractivity contribution in [3.05, 3.63) is 12.7 Å². The highest BCUT2D eigenvalue weighted by Gasteiger charge is 2.66. The molecule has 0 amide bonds. The van der Waals surface area contributed by atoms with Crippen LogP contribution in [-0.4, -0.2) is 36.4 Å². The number of methoxy groups -OCH3 is 1. The number of rotatable bonds is 4. The van der Waals surface area contributed by atoms with Gasteiger partial charge in [-0.15, -0.1) is 0 Å². The molecule has 116 valence electrons. The van der Waals surface area contributed by atoms with Crippen LogP contribution in [0.15, 0.2) is 12.7 Å². The molecule has 4 saturated carbocycles. The van der Waals surface area contributed by atoms with Crippen LogP contribution in [0.1, 0.15) is 38.5 Å². The van der Waals surface area contributed by atoms with Crippen molar-refractivity contribution in [3.63, 3.8) is 0 Å². The first-order valence-electron chi connectivity index (χ1n) is 7.44. The van der Waals surface area contributed by atoms with Crippen molar-refractivity contribution < 1.29 is 24.2 Å². The SMILES string of the molecule is C=CC(=O)OCC12CC3CC(O)(C1)CC(C(=O)OC)(C3)C2. The number of hydrogen-bond donors (Lipinski definition) is 1. The quantitative estimate of drug-likeness (QED) is 0.629. The van der Waals surface area contributed by atoms with Gasteiger partial charge in [-0.05, 0) is 44.4 Å². The second kappa shape index (κ2) is 4.57. The van der Waals surface area contributed by atoms with Crippen molar-refractivity contribution in [2.24, 2.45) is 16.7 Å². The van der Waals surface area contributed by atoms with Gasteiger partial charge in [-0.2, -0.15) is 0 Å². The molecule has 4 rings (SSSR count). The average molecular weight is 294 g/mol. The molecule has 0 radical (unpaired) electrons. The van der Waals surface area contributed by atoms with Crippen molar-refractivity contribution in [2.45, 2.75) is 44.1 Å². The zero-order chi connectivity index (χ0) is 15.3. The summed E-state index contributed by atoms with van der Waals surface area (Å²) in [6, 6.07) is 0. The molecular formula is C16H22O5. The molecule has 0 aromatic carbocycles. The molecule has 4 atom stereocenters. The van der Waals surface area contributed by atoms with Crippen molar-refractivity contribution in [2.75, 3.05) is 13.7 Å². The van der Waals surface area contributed by atoms with Crippen LogP contribution in [0.5, 0.6) is 0 Å². The van der Waals surface area contributed by atoms with Gasteiger partial charge in [0.15, 0.2) is 0 Å². The highest BCUT2D eigenvalue weighted by Crippen LogP contribution is 2.66. The van der Waals surface area contributed by atoms with E-state index in [2.05, 4.69) is 6.58 Å². The Morgan fingerprint density at radius 3 is 2.67 bits per heavy atom. The summed E-state index contributed by atoms with van der Waals surface area (Å²) in [5.74, 6) is -0.387. The van der Waals surface area contributed by atoms with E-state index in [9.17, 15) is 14.7 Å². The van der Waals surface area contributed by atoms with Crippen LogP contribution >= 0.6 is 0 Å². The molecule has 0 saturated heterocycles. The Labute approximate surface area is 124 Å². The van der Waals surface area contributed by atoms with E-state index < -0.39 is 17.0 Å². The fourth-order valence-electron chi connectivity index (χ4n) is 5.47. The summed E-state index contributed by atoms with van der Waals surface area (Å²) >= 11 is 0. The summed E-state index contributed by atoms with van der Waals surface area (Å²) in [5.41, 5.74) is -1.74. The Kier molecular flexibility index (Phi) is 3.17. The molecule has 1 N–H and O–H groups in total. The van der Waals surface area contributed by atoms with Crippen molar-refractivity contribution in [1.29, 1.82) is 0 Å². The van der Waals surface area contributed by atoms with Gasteiger partial charge in [0.25, 0.3) is 0 Å². The molecule has 4 aliphatic carbocycles. The van der Waals surface area contributed by atoms with Crippen LogP contribution in [0.3, 0.4) is 0 Å². The second-order valence-corrected chi connectivity index (χ2v) is 7.32. The zero-order valence-corrected chi connectivity index (χ0v) is 12.4. The van der Waals surface area contributed by atoms with Gasteiger partial charge >= 0.3 is 11.9 Å². The highest BCUT2D eigenvalue weighted by atomic mass is 16.5. The molecule has 5 nitrogen and oxygen atoms in total. The summed E-state index contributed by atoms with van der Waals surface area (Å²) in [4.78, 5) is 23.6. The lowest BCUT2D eigenvalue weighted by Crippen LogP contribution is -2.63. The summed E-state index contributed by atoms with van der Waals surface area (Å²) in [6.07, 6.45) is 5.27. The zero-order valence-electron chi connectivity index (χ0n) is 12.4. The predicted octanol–water partition coefficient (Wildman–Crippen LogP) is 1.59. The fraction of sp³-hybridized carbons (Fsp3) is 0.750. The largest absolute Gasteiger partial charge is 0.469 e. The van der Waals surface area contributed by atoms with Gasteiger partial charge in [0.1, 0.15) is 0 Å². The average Bonchev–Trinajstić information content (AvgIpc) is 2.41. The molecule has 0 spiro atoms. The summed E-state index contributed by atoms with van der Waals surface area (Å²) in [5, 5.41) is 10.8. The number of esters is 2. The highest BCUT2D eigenvalue weighted by molar-refractivity contribution is 5.81. The second-order valence-electron chi connectivity index (χ2n) is 7.32. The molecule has 4 unspecified atom stereocenters. The van der Waals surface area contributed by atoms with Crippen LogP contribution in [0.25, 0.3) is 0 Å². The van der Waals surface area contributed by atoms with E-state index in [1.807, 2.05) is 0 Å². The monoisotopic (exact) mass is 294 g/mol. The predicted molar refractivity (Wildman–Crippen MR) is 74.2 cm³/mol. The van der Waals surface area contributed by atoms with E-state index in [4.69, 9.17) is 9.47 Å². The molecule has 4 aliphatic rings. The molecule has 0 heterocycles. The molecule has 0 aromatic rings. The molecule has 0 aliphatic heterocycles. The number of ether oxygens (including phenoxy) is 2. The third-order valence-corrected chi connectivity index (χ3v) is 5.46. The first-order chi connectivity index (χ1) is 9.84. The maximum Gasteiger partial charge on any atom is 0.330 e. The van der Waals surface area contributed by atoms with Crippen LogP contribution in [-0.2, 0) is 19.1 Å². The van der Waals surface area contributed by atoms with Crippen LogP contribution in [0.4, 0.5) is 0 Å². The number of aliphatic hydroxyl groups is 1. The lowest BCUT2D eigenvalue weighted by molar-refractivity contribution is -0.223. The van der Waals surface area contributed by atoms with Gasteiger partial charge in [-0.3, -0.25) is 4.79 Å². The lowest BCUT2D eigenvalue weighted by atomic mass is 9.43. The normalized spacial score (nSPS) is 43.4. The van der Waals surface area contributed by atoms with E-state index >= 15 is 0 Å². The minimum Gasteiger partial charge on any atom is -0.469 e. The standard InChI is InChI=1S/C16H22O5/c1-3-12(17)21-10-14-4-11-5-15(7-14,13(18)20-2)9-16(19,6-11)8-14/h3,11,19H,1,4-10H2,2H3. The molecule has 0 aromatic heterocycles. The van der Waals surface area contributed by atoms with Crippen molar-refractivity contribution in [1.82, 2.24) is 0 Å². The van der Waals surface area contributed by atoms with Crippen LogP contribution in [0.2, 0.25) is 0 Å². The summed E-state index contributed by atoms with van der Waals surface area (Å²) in [6.45, 7) is 3.64. The van der Waals surface area contributed by atoms with Gasteiger partial charge in [0.05, 0.1) is 24.7 Å². The molecule has 4 fully saturated rings.